The van der Waals surface area contributed by atoms with Crippen molar-refractivity contribution in [1.82, 2.24) is 0 Å². The molecule has 3 saturated carbocycles. The topological polar surface area (TPSA) is 436 Å². The lowest BCUT2D eigenvalue weighted by Crippen LogP contribution is -2.68. The van der Waals surface area contributed by atoms with Gasteiger partial charge in [-0.2, -0.15) is 8.42 Å². The third kappa shape index (κ3) is 13.4. The number of Topliss-reactive ketones (excluding diaryl/α,β-unsaturated/α-hetero) is 1. The lowest BCUT2D eigenvalue weighted by molar-refractivity contribution is -0.408. The largest absolute Gasteiger partial charge is 0.397 e. The first-order chi connectivity index (χ1) is 40.1. The Hall–Kier alpha value is -1.64. The number of allylic oxidation sites excluding steroid dienone is 2. The molecular weight excluding hydrogens is 1160 g/mol. The van der Waals surface area contributed by atoms with E-state index in [0.717, 1.165) is 5.57 Å². The van der Waals surface area contributed by atoms with Crippen LogP contribution < -0.4 is 0 Å². The van der Waals surface area contributed by atoms with E-state index in [1.807, 2.05) is 13.8 Å². The SMILES string of the molecule is CC(C)CC(=O)C[C@](C)(O)[C@H]1CC[C@H]2[C@@H]3C[C@H](O[C@@H]4O[C@H](C)[C@@H](O)[C@H](O[C@@H]5O[C@H](CO)[C@@H](O[C@@H]6O[C@H](C)[C@@H](O)[C@H](O)[C@H]6O[C@@H]6O[C@H](C)[C@H](O)[C@H](O)[C@H]6O)[C@H](O)[C@H]5O[C@@H]5O[C@H](C)[C@@H](O)[C@H](O)[C@H]5O)[C@H]4O)C4C[C@@H](OS(=O)(=O)O)CC[C@]4(C)C3=CC[C@@]21C. The van der Waals surface area contributed by atoms with E-state index in [1.54, 1.807) is 6.92 Å². The zero-order valence-electron chi connectivity index (χ0n) is 50.0. The van der Waals surface area contributed by atoms with E-state index in [2.05, 4.69) is 19.9 Å². The van der Waals surface area contributed by atoms with Crippen LogP contribution in [-0.2, 0) is 66.7 Å². The molecular formula is C57H94O28S. The quantitative estimate of drug-likeness (QED) is 0.0507. The first kappa shape index (κ1) is 68.7. The maximum atomic E-state index is 13.2. The second-order valence-electron chi connectivity index (χ2n) is 27.1. The molecule has 4 aliphatic carbocycles. The number of aliphatic hydroxyl groups is 13. The number of aliphatic hydroxyl groups excluding tert-OH is 12. The first-order valence-corrected chi connectivity index (χ1v) is 31.7. The lowest BCUT2D eigenvalue weighted by atomic mass is 9.47. The van der Waals surface area contributed by atoms with Crippen molar-refractivity contribution in [2.24, 2.45) is 40.4 Å². The lowest BCUT2D eigenvalue weighted by Gasteiger charge is -2.60. The van der Waals surface area contributed by atoms with Gasteiger partial charge in [0.15, 0.2) is 31.5 Å². The Labute approximate surface area is 500 Å². The fourth-order valence-electron chi connectivity index (χ4n) is 16.0. The molecule has 0 amide bonds. The highest BCUT2D eigenvalue weighted by Crippen LogP contribution is 2.67. The van der Waals surface area contributed by atoms with Crippen LogP contribution in [0.1, 0.15) is 120 Å². The Kier molecular flexibility index (Phi) is 21.1. The number of carbonyl (C=O) groups excluding carboxylic acids is 1. The van der Waals surface area contributed by atoms with Gasteiger partial charge in [-0.25, -0.2) is 4.18 Å². The molecule has 496 valence electrons. The number of rotatable bonds is 18. The van der Waals surface area contributed by atoms with E-state index in [0.29, 0.717) is 38.5 Å². The molecule has 9 aliphatic rings. The predicted octanol–water partition coefficient (Wildman–Crippen LogP) is -2.29. The van der Waals surface area contributed by atoms with E-state index in [4.69, 9.17) is 51.6 Å². The molecule has 34 atom stereocenters. The van der Waals surface area contributed by atoms with Crippen molar-refractivity contribution in [2.75, 3.05) is 6.61 Å². The van der Waals surface area contributed by atoms with Crippen molar-refractivity contribution in [1.29, 1.82) is 0 Å². The molecule has 0 bridgehead atoms. The average molecular weight is 1260 g/mol. The van der Waals surface area contributed by atoms with Crippen LogP contribution >= 0.6 is 0 Å². The van der Waals surface area contributed by atoms with Crippen molar-refractivity contribution in [2.45, 2.75) is 291 Å². The van der Waals surface area contributed by atoms with Gasteiger partial charge < -0.3 is 114 Å². The maximum absolute atomic E-state index is 13.2. The summed E-state index contributed by atoms with van der Waals surface area (Å²) in [4.78, 5) is 13.2. The molecule has 1 unspecified atom stereocenters. The molecule has 5 aliphatic heterocycles. The molecule has 0 aromatic heterocycles. The first-order valence-electron chi connectivity index (χ1n) is 30.3. The smallest absolute Gasteiger partial charge is 0.394 e. The van der Waals surface area contributed by atoms with Crippen LogP contribution in [0.5, 0.6) is 0 Å². The zero-order chi connectivity index (χ0) is 63.2. The van der Waals surface area contributed by atoms with Gasteiger partial charge in [0.05, 0.1) is 48.8 Å². The van der Waals surface area contributed by atoms with Crippen molar-refractivity contribution < 1.29 is 136 Å². The van der Waals surface area contributed by atoms with Crippen molar-refractivity contribution in [3.05, 3.63) is 11.6 Å². The fraction of sp³-hybridized carbons (Fsp3) is 0.947. The molecule has 86 heavy (non-hydrogen) atoms. The molecule has 0 spiro atoms. The normalized spacial score (nSPS) is 51.7. The highest BCUT2D eigenvalue weighted by molar-refractivity contribution is 7.80. The summed E-state index contributed by atoms with van der Waals surface area (Å²) in [7, 11) is -4.90. The number of hydrogen-bond acceptors (Lipinski definition) is 27. The van der Waals surface area contributed by atoms with Crippen LogP contribution in [0.25, 0.3) is 0 Å². The Morgan fingerprint density at radius 2 is 1.12 bits per heavy atom. The maximum Gasteiger partial charge on any atom is 0.397 e. The van der Waals surface area contributed by atoms with Crippen LogP contribution in [0.3, 0.4) is 0 Å². The van der Waals surface area contributed by atoms with Gasteiger partial charge in [0, 0.05) is 12.8 Å². The van der Waals surface area contributed by atoms with Gasteiger partial charge >= 0.3 is 10.4 Å². The summed E-state index contributed by atoms with van der Waals surface area (Å²) >= 11 is 0. The Morgan fingerprint density at radius 1 is 0.616 bits per heavy atom. The summed E-state index contributed by atoms with van der Waals surface area (Å²) in [5.74, 6) is -0.861. The summed E-state index contributed by atoms with van der Waals surface area (Å²) in [6.07, 6.45) is -39.1. The van der Waals surface area contributed by atoms with Gasteiger partial charge in [-0.1, -0.05) is 39.3 Å². The summed E-state index contributed by atoms with van der Waals surface area (Å²) in [5.41, 5.74) is -1.30. The summed E-state index contributed by atoms with van der Waals surface area (Å²) in [6.45, 7) is 14.5. The average Bonchev–Trinajstić information content (AvgIpc) is 1.32. The standard InChI is InChI=1S/C57H94O28S/c1-21(2)16-26(59)19-57(9,71)34-11-10-29-28-18-32(31-17-27(85-86(72,73)74)12-14-55(31,7)30(28)13-15-56(29,34)8)79-52-45(70)47(38(63)25(6)77-52)82-54-49(84-51-43(68)40(65)36(61)23(4)76-51)44(69)46(33(20-58)80-54)81-53-48(41(66)37(62)24(5)78-53)83-50-42(67)39(64)35(60)22(3)75-50/h13,21-25,27-29,31-54,58,60-71H,10-12,14-20H2,1-9H3,(H,72,73,74)/t22-,23-,24-,25-,27+,28+,29+,31?,32+,33-,34+,35+,36-,37-,38-,39+,40+,41+,42-,43-,44+,45-,46-,47+,48-,49-,50+,51+,52+,53+,54+,55-,56+,57+/m1/s1. The van der Waals surface area contributed by atoms with Gasteiger partial charge in [-0.05, 0) is 120 Å². The minimum absolute atomic E-state index is 0.00419. The monoisotopic (exact) mass is 1260 g/mol. The van der Waals surface area contributed by atoms with E-state index in [-0.39, 0.29) is 48.7 Å². The van der Waals surface area contributed by atoms with Crippen LogP contribution in [0.2, 0.25) is 0 Å². The third-order valence-electron chi connectivity index (χ3n) is 20.6. The second-order valence-corrected chi connectivity index (χ2v) is 28.1. The Balaban J connectivity index is 1.00. The summed E-state index contributed by atoms with van der Waals surface area (Å²) in [5, 5.41) is 147. The molecule has 0 aromatic rings. The van der Waals surface area contributed by atoms with Gasteiger partial charge in [0.2, 0.25) is 0 Å². The molecule has 0 aromatic carbocycles. The molecule has 8 fully saturated rings. The summed E-state index contributed by atoms with van der Waals surface area (Å²) in [6, 6.07) is 0. The van der Waals surface area contributed by atoms with Crippen molar-refractivity contribution >= 4 is 16.2 Å². The number of fused-ring (bicyclic) bond motifs is 5. The number of ether oxygens (including phenoxy) is 10. The van der Waals surface area contributed by atoms with Gasteiger partial charge in [0.25, 0.3) is 0 Å². The van der Waals surface area contributed by atoms with E-state index >= 15 is 0 Å². The highest BCUT2D eigenvalue weighted by Gasteiger charge is 2.64. The highest BCUT2D eigenvalue weighted by atomic mass is 32.3. The predicted molar refractivity (Wildman–Crippen MR) is 290 cm³/mol. The van der Waals surface area contributed by atoms with Crippen molar-refractivity contribution in [3.63, 3.8) is 0 Å². The summed E-state index contributed by atoms with van der Waals surface area (Å²) < 4.78 is 101. The van der Waals surface area contributed by atoms with Gasteiger partial charge in [-0.3, -0.25) is 9.35 Å². The molecule has 14 N–H and O–H groups in total. The fourth-order valence-corrected chi connectivity index (χ4v) is 16.5. The Bertz CT molecular complexity index is 2460. The minimum Gasteiger partial charge on any atom is -0.394 e. The third-order valence-corrected chi connectivity index (χ3v) is 21.1. The van der Waals surface area contributed by atoms with Gasteiger partial charge in [0.1, 0.15) is 103 Å². The molecule has 0 radical (unpaired) electrons. The van der Waals surface area contributed by atoms with Crippen molar-refractivity contribution in [3.8, 4) is 0 Å². The van der Waals surface area contributed by atoms with Gasteiger partial charge in [-0.15, -0.1) is 0 Å². The minimum atomic E-state index is -4.90. The molecule has 9 rings (SSSR count). The Morgan fingerprint density at radius 3 is 1.67 bits per heavy atom. The second kappa shape index (κ2) is 26.4. The van der Waals surface area contributed by atoms with Crippen LogP contribution in [0.15, 0.2) is 11.6 Å². The molecule has 5 heterocycles. The van der Waals surface area contributed by atoms with Crippen LogP contribution in [0.4, 0.5) is 0 Å². The van der Waals surface area contributed by atoms with E-state index < -0.39 is 205 Å². The van der Waals surface area contributed by atoms with Crippen LogP contribution in [0, 0.1) is 40.4 Å². The number of carbonyl (C=O) groups is 1. The molecule has 28 nitrogen and oxygen atoms in total. The zero-order valence-corrected chi connectivity index (χ0v) is 50.8. The molecule has 29 heteroatoms. The molecule has 5 saturated heterocycles. The number of hydrogen-bond donors (Lipinski definition) is 14. The van der Waals surface area contributed by atoms with E-state index in [1.165, 1.54) is 27.7 Å². The number of ketones is 1. The van der Waals surface area contributed by atoms with E-state index in [9.17, 15) is 84.1 Å². The van der Waals surface area contributed by atoms with Crippen LogP contribution in [-0.4, -0.2) is 263 Å².